The van der Waals surface area contributed by atoms with Gasteiger partial charge in [-0.3, -0.25) is 9.59 Å². The number of aliphatic hydroxyl groups excluding tert-OH is 2. The summed E-state index contributed by atoms with van der Waals surface area (Å²) in [5, 5.41) is 21.3. The standard InChI is InChI=1S/C21H30O7/c1-19(2)14(8-22)21(10-23)13-5-4-11-7-20(13,17(25)12(11)9-27-3)18(26)28-16(21)6-15(19)24/h8,11-16,23-24H,4-7,9-10H2,1-3H3. The number of rotatable bonds is 4. The summed E-state index contributed by atoms with van der Waals surface area (Å²) in [5.41, 5.74) is -3.16. The Hall–Kier alpha value is -1.31. The first-order valence-corrected chi connectivity index (χ1v) is 10.2. The molecule has 7 nitrogen and oxygen atoms in total. The van der Waals surface area contributed by atoms with Gasteiger partial charge in [-0.2, -0.15) is 0 Å². The maximum Gasteiger partial charge on any atom is 0.320 e. The fraction of sp³-hybridized carbons (Fsp3) is 0.857. The third-order valence-corrected chi connectivity index (χ3v) is 8.65. The highest BCUT2D eigenvalue weighted by Gasteiger charge is 2.76. The molecule has 1 heterocycles. The molecule has 3 saturated carbocycles. The van der Waals surface area contributed by atoms with Gasteiger partial charge >= 0.3 is 5.97 Å². The summed E-state index contributed by atoms with van der Waals surface area (Å²) >= 11 is 0. The van der Waals surface area contributed by atoms with Crippen molar-refractivity contribution in [3.8, 4) is 0 Å². The first-order chi connectivity index (χ1) is 13.2. The molecule has 7 heteroatoms. The van der Waals surface area contributed by atoms with Gasteiger partial charge in [0.05, 0.1) is 19.3 Å². The van der Waals surface area contributed by atoms with Crippen LogP contribution in [0.5, 0.6) is 0 Å². The van der Waals surface area contributed by atoms with Gasteiger partial charge < -0.3 is 24.5 Å². The number of methoxy groups -OCH3 is 1. The lowest BCUT2D eigenvalue weighted by Gasteiger charge is -2.63. The first-order valence-electron chi connectivity index (χ1n) is 10.2. The van der Waals surface area contributed by atoms with Crippen LogP contribution in [0.3, 0.4) is 0 Å². The van der Waals surface area contributed by atoms with E-state index in [4.69, 9.17) is 9.47 Å². The molecule has 28 heavy (non-hydrogen) atoms. The largest absolute Gasteiger partial charge is 0.461 e. The maximum absolute atomic E-state index is 13.5. The summed E-state index contributed by atoms with van der Waals surface area (Å²) in [6.45, 7) is 3.53. The minimum atomic E-state index is -1.31. The fourth-order valence-corrected chi connectivity index (χ4v) is 7.16. The normalized spacial score (nSPS) is 49.2. The molecule has 1 aliphatic heterocycles. The Labute approximate surface area is 164 Å². The Kier molecular flexibility index (Phi) is 4.53. The van der Waals surface area contributed by atoms with E-state index in [0.717, 1.165) is 12.7 Å². The predicted molar refractivity (Wildman–Crippen MR) is 97.0 cm³/mol. The lowest BCUT2D eigenvalue weighted by atomic mass is 9.43. The molecule has 3 aliphatic carbocycles. The van der Waals surface area contributed by atoms with Crippen LogP contribution in [0.4, 0.5) is 0 Å². The molecular weight excluding hydrogens is 364 g/mol. The highest BCUT2D eigenvalue weighted by atomic mass is 16.6. The first kappa shape index (κ1) is 20.0. The zero-order valence-corrected chi connectivity index (χ0v) is 16.7. The van der Waals surface area contributed by atoms with Crippen LogP contribution in [-0.2, 0) is 23.9 Å². The van der Waals surface area contributed by atoms with Crippen LogP contribution in [0.25, 0.3) is 0 Å². The molecule has 8 atom stereocenters. The predicted octanol–water partition coefficient (Wildman–Crippen LogP) is 0.744. The van der Waals surface area contributed by atoms with Gasteiger partial charge in [0.15, 0.2) is 5.78 Å². The van der Waals surface area contributed by atoms with Crippen LogP contribution in [0.1, 0.15) is 39.5 Å². The van der Waals surface area contributed by atoms with Crippen LogP contribution in [0.15, 0.2) is 0 Å². The van der Waals surface area contributed by atoms with Crippen molar-refractivity contribution in [3.05, 3.63) is 0 Å². The maximum atomic E-state index is 13.5. The molecule has 0 amide bonds. The third-order valence-electron chi connectivity index (χ3n) is 8.65. The van der Waals surface area contributed by atoms with Crippen LogP contribution in [-0.4, -0.2) is 60.8 Å². The number of aldehydes is 1. The molecule has 0 radical (unpaired) electrons. The zero-order chi connectivity index (χ0) is 20.5. The SMILES string of the molecule is COCC1C(=O)C23CC1CCC2C1(CO)C(CC(O)C(C)(C)C1C=O)OC3=O. The summed E-state index contributed by atoms with van der Waals surface area (Å²) in [5.74, 6) is -2.20. The number of carbonyl (C=O) groups is 3. The second-order valence-electron chi connectivity index (χ2n) is 9.84. The van der Waals surface area contributed by atoms with E-state index in [2.05, 4.69) is 0 Å². The van der Waals surface area contributed by atoms with Crippen molar-refractivity contribution in [2.45, 2.75) is 51.7 Å². The van der Waals surface area contributed by atoms with Crippen molar-refractivity contribution in [3.63, 3.8) is 0 Å². The molecule has 0 aromatic heterocycles. The highest BCUT2D eigenvalue weighted by Crippen LogP contribution is 2.68. The minimum Gasteiger partial charge on any atom is -0.461 e. The molecule has 4 fully saturated rings. The lowest BCUT2D eigenvalue weighted by molar-refractivity contribution is -0.259. The van der Waals surface area contributed by atoms with Gasteiger partial charge in [-0.25, -0.2) is 0 Å². The van der Waals surface area contributed by atoms with E-state index >= 15 is 0 Å². The number of esters is 1. The van der Waals surface area contributed by atoms with E-state index in [1.807, 2.05) is 13.8 Å². The molecule has 156 valence electrons. The van der Waals surface area contributed by atoms with Gasteiger partial charge in [-0.15, -0.1) is 0 Å². The Morgan fingerprint density at radius 2 is 2.00 bits per heavy atom. The number of fused-ring (bicyclic) bond motifs is 3. The van der Waals surface area contributed by atoms with Gasteiger partial charge in [-0.05, 0) is 31.1 Å². The molecule has 4 aliphatic rings. The molecule has 1 saturated heterocycles. The summed E-state index contributed by atoms with van der Waals surface area (Å²) in [6.07, 6.45) is 1.07. The highest BCUT2D eigenvalue weighted by molar-refractivity contribution is 6.08. The fourth-order valence-electron chi connectivity index (χ4n) is 7.16. The smallest absolute Gasteiger partial charge is 0.320 e. The number of aliphatic hydroxyl groups is 2. The van der Waals surface area contributed by atoms with Crippen molar-refractivity contribution in [2.75, 3.05) is 20.3 Å². The lowest BCUT2D eigenvalue weighted by Crippen LogP contribution is -2.71. The molecule has 2 bridgehead atoms. The van der Waals surface area contributed by atoms with Gasteiger partial charge in [0.25, 0.3) is 0 Å². The number of hydrogen-bond donors (Lipinski definition) is 2. The summed E-state index contributed by atoms with van der Waals surface area (Å²) in [4.78, 5) is 39.0. The van der Waals surface area contributed by atoms with E-state index < -0.39 is 46.3 Å². The van der Waals surface area contributed by atoms with Crippen LogP contribution >= 0.6 is 0 Å². The van der Waals surface area contributed by atoms with E-state index in [-0.39, 0.29) is 37.3 Å². The van der Waals surface area contributed by atoms with Gasteiger partial charge in [-0.1, -0.05) is 13.8 Å². The Morgan fingerprint density at radius 3 is 2.61 bits per heavy atom. The van der Waals surface area contributed by atoms with Crippen molar-refractivity contribution >= 4 is 18.0 Å². The number of carbonyl (C=O) groups excluding carboxylic acids is 3. The summed E-state index contributed by atoms with van der Waals surface area (Å²) in [6, 6.07) is 0. The van der Waals surface area contributed by atoms with Crippen molar-refractivity contribution in [1.82, 2.24) is 0 Å². The van der Waals surface area contributed by atoms with Crippen LogP contribution < -0.4 is 0 Å². The van der Waals surface area contributed by atoms with Crippen molar-refractivity contribution in [2.24, 2.45) is 39.9 Å². The summed E-state index contributed by atoms with van der Waals surface area (Å²) < 4.78 is 11.0. The second kappa shape index (κ2) is 6.34. The van der Waals surface area contributed by atoms with Crippen molar-refractivity contribution < 1.29 is 34.1 Å². The van der Waals surface area contributed by atoms with Crippen LogP contribution in [0.2, 0.25) is 0 Å². The quantitative estimate of drug-likeness (QED) is 0.411. The number of Topliss-reactive ketones (excluding diaryl/α,β-unsaturated/α-hetero) is 1. The third kappa shape index (κ3) is 2.13. The monoisotopic (exact) mass is 394 g/mol. The average molecular weight is 394 g/mol. The molecule has 0 aromatic rings. The van der Waals surface area contributed by atoms with E-state index in [1.165, 1.54) is 0 Å². The zero-order valence-electron chi connectivity index (χ0n) is 16.7. The molecule has 2 N–H and O–H groups in total. The molecule has 0 aromatic carbocycles. The van der Waals surface area contributed by atoms with Gasteiger partial charge in [0.2, 0.25) is 0 Å². The Bertz CT molecular complexity index is 703. The van der Waals surface area contributed by atoms with Crippen LogP contribution in [0, 0.1) is 39.9 Å². The number of ketones is 1. The number of ether oxygens (including phenoxy) is 2. The molecule has 4 rings (SSSR count). The van der Waals surface area contributed by atoms with E-state index in [0.29, 0.717) is 12.8 Å². The molecular formula is C21H30O7. The van der Waals surface area contributed by atoms with E-state index in [1.54, 1.807) is 7.11 Å². The van der Waals surface area contributed by atoms with Gasteiger partial charge in [0.1, 0.15) is 17.8 Å². The van der Waals surface area contributed by atoms with Crippen molar-refractivity contribution in [1.29, 1.82) is 0 Å². The minimum absolute atomic E-state index is 0.0559. The summed E-state index contributed by atoms with van der Waals surface area (Å²) in [7, 11) is 1.54. The van der Waals surface area contributed by atoms with Gasteiger partial charge in [0, 0.05) is 36.2 Å². The number of hydrogen-bond acceptors (Lipinski definition) is 7. The Morgan fingerprint density at radius 1 is 1.29 bits per heavy atom. The Balaban J connectivity index is 1.87. The average Bonchev–Trinajstić information content (AvgIpc) is 2.86. The topological polar surface area (TPSA) is 110 Å². The molecule has 8 unspecified atom stereocenters. The van der Waals surface area contributed by atoms with E-state index in [9.17, 15) is 24.6 Å². The molecule has 1 spiro atoms. The second-order valence-corrected chi connectivity index (χ2v) is 9.84.